The van der Waals surface area contributed by atoms with Crippen molar-refractivity contribution in [3.05, 3.63) is 111 Å². The van der Waals surface area contributed by atoms with Gasteiger partial charge in [0.05, 0.1) is 15.7 Å². The minimum Gasteiger partial charge on any atom is -0.488 e. The van der Waals surface area contributed by atoms with Crippen molar-refractivity contribution >= 4 is 63.6 Å². The van der Waals surface area contributed by atoms with Crippen molar-refractivity contribution in [3.63, 3.8) is 0 Å². The first-order valence-corrected chi connectivity index (χ1v) is 12.7. The fourth-order valence-electron chi connectivity index (χ4n) is 4.39. The lowest BCUT2D eigenvalue weighted by Crippen LogP contribution is -2.54. The molecule has 6 nitrogen and oxygen atoms in total. The van der Waals surface area contributed by atoms with Crippen LogP contribution in [0.4, 0.5) is 10.5 Å². The number of amides is 4. The Kier molecular flexibility index (Phi) is 7.18. The van der Waals surface area contributed by atoms with Crippen molar-refractivity contribution in [3.8, 4) is 5.75 Å². The average Bonchev–Trinajstić information content (AvgIpc) is 2.92. The van der Waals surface area contributed by atoms with Crippen LogP contribution in [0.25, 0.3) is 16.8 Å². The van der Waals surface area contributed by atoms with Gasteiger partial charge in [-0.2, -0.15) is 0 Å². The van der Waals surface area contributed by atoms with Gasteiger partial charge in [-0.3, -0.25) is 14.9 Å². The number of halogens is 2. The van der Waals surface area contributed by atoms with E-state index in [2.05, 4.69) is 5.32 Å². The number of benzene rings is 4. The van der Waals surface area contributed by atoms with Crippen LogP contribution in [0.15, 0.2) is 84.4 Å². The number of fused-ring (bicyclic) bond motifs is 1. The molecule has 38 heavy (non-hydrogen) atoms. The third-order valence-corrected chi connectivity index (χ3v) is 7.05. The van der Waals surface area contributed by atoms with Crippen molar-refractivity contribution in [2.24, 2.45) is 0 Å². The molecule has 0 bridgehead atoms. The number of imide groups is 2. The Morgan fingerprint density at radius 1 is 0.895 bits per heavy atom. The lowest BCUT2D eigenvalue weighted by atomic mass is 9.99. The normalized spacial score (nSPS) is 14.8. The van der Waals surface area contributed by atoms with Gasteiger partial charge in [0, 0.05) is 5.56 Å². The first-order valence-electron chi connectivity index (χ1n) is 11.9. The number of urea groups is 1. The number of hydrogen-bond donors (Lipinski definition) is 1. The molecular formula is C30H22Cl2N2O4. The van der Waals surface area contributed by atoms with Crippen LogP contribution in [0, 0.1) is 0 Å². The topological polar surface area (TPSA) is 75.7 Å². The zero-order valence-electron chi connectivity index (χ0n) is 20.3. The van der Waals surface area contributed by atoms with Gasteiger partial charge in [-0.15, -0.1) is 0 Å². The molecule has 8 heteroatoms. The zero-order valence-corrected chi connectivity index (χ0v) is 21.8. The number of barbiturate groups is 1. The number of hydrogen-bond acceptors (Lipinski definition) is 4. The van der Waals surface area contributed by atoms with E-state index in [-0.39, 0.29) is 12.2 Å². The lowest BCUT2D eigenvalue weighted by Gasteiger charge is -2.28. The van der Waals surface area contributed by atoms with E-state index in [4.69, 9.17) is 27.9 Å². The number of rotatable bonds is 6. The van der Waals surface area contributed by atoms with E-state index in [0.29, 0.717) is 33.5 Å². The molecule has 0 radical (unpaired) electrons. The minimum atomic E-state index is -0.785. The third kappa shape index (κ3) is 4.88. The van der Waals surface area contributed by atoms with Crippen LogP contribution in [0.1, 0.15) is 23.6 Å². The molecule has 0 aromatic heterocycles. The second kappa shape index (κ2) is 10.7. The number of carbonyl (C=O) groups is 3. The predicted molar refractivity (Wildman–Crippen MR) is 150 cm³/mol. The maximum absolute atomic E-state index is 13.6. The fraction of sp³-hybridized carbons (Fsp3) is 0.100. The summed E-state index contributed by atoms with van der Waals surface area (Å²) in [4.78, 5) is 40.3. The highest BCUT2D eigenvalue weighted by atomic mass is 35.5. The number of anilines is 1. The van der Waals surface area contributed by atoms with E-state index >= 15 is 0 Å². The number of para-hydroxylation sites is 1. The predicted octanol–water partition coefficient (Wildman–Crippen LogP) is 6.95. The highest BCUT2D eigenvalue weighted by Gasteiger charge is 2.37. The molecule has 4 aromatic rings. The Hall–Kier alpha value is -4.13. The molecule has 0 saturated carbocycles. The van der Waals surface area contributed by atoms with E-state index in [9.17, 15) is 14.4 Å². The Bertz CT molecular complexity index is 1630. The molecule has 0 atom stereocenters. The standard InChI is InChI=1S/C30H22Cl2N2O4/c1-2-19-7-4-6-10-26(19)34-29(36)23(28(35)33-30(34)37)16-22-21-9-5-3-8-20(21)12-14-27(22)38-17-18-11-13-24(31)25(32)15-18/h3-16H,2,17H2,1H3,(H,33,35,37)/b23-16-. The summed E-state index contributed by atoms with van der Waals surface area (Å²) >= 11 is 12.2. The highest BCUT2D eigenvalue weighted by molar-refractivity contribution is 6.42. The summed E-state index contributed by atoms with van der Waals surface area (Å²) in [5.41, 5.74) is 2.40. The number of carbonyl (C=O) groups excluding carboxylic acids is 3. The van der Waals surface area contributed by atoms with Gasteiger partial charge in [0.2, 0.25) is 0 Å². The van der Waals surface area contributed by atoms with E-state index in [0.717, 1.165) is 26.8 Å². The van der Waals surface area contributed by atoms with Crippen molar-refractivity contribution in [1.82, 2.24) is 5.32 Å². The summed E-state index contributed by atoms with van der Waals surface area (Å²) < 4.78 is 6.14. The molecule has 1 aliphatic heterocycles. The molecule has 4 aromatic carbocycles. The molecule has 1 aliphatic rings. The van der Waals surface area contributed by atoms with Crippen LogP contribution < -0.4 is 15.0 Å². The second-order valence-corrected chi connectivity index (χ2v) is 9.49. The molecule has 1 N–H and O–H groups in total. The molecule has 0 unspecified atom stereocenters. The monoisotopic (exact) mass is 544 g/mol. The third-order valence-electron chi connectivity index (χ3n) is 6.31. The largest absolute Gasteiger partial charge is 0.488 e. The van der Waals surface area contributed by atoms with E-state index in [1.165, 1.54) is 6.08 Å². The minimum absolute atomic E-state index is 0.175. The summed E-state index contributed by atoms with van der Waals surface area (Å²) in [7, 11) is 0. The van der Waals surface area contributed by atoms with Crippen LogP contribution in [0.3, 0.4) is 0 Å². The Morgan fingerprint density at radius 3 is 2.45 bits per heavy atom. The van der Waals surface area contributed by atoms with Crippen molar-refractivity contribution in [2.45, 2.75) is 20.0 Å². The quantitative estimate of drug-likeness (QED) is 0.210. The van der Waals surface area contributed by atoms with Gasteiger partial charge < -0.3 is 4.74 Å². The van der Waals surface area contributed by atoms with E-state index < -0.39 is 17.8 Å². The van der Waals surface area contributed by atoms with Gasteiger partial charge in [0.15, 0.2) is 0 Å². The van der Waals surface area contributed by atoms with Crippen LogP contribution >= 0.6 is 23.2 Å². The summed E-state index contributed by atoms with van der Waals surface area (Å²) in [6.07, 6.45) is 2.09. The van der Waals surface area contributed by atoms with Crippen molar-refractivity contribution in [1.29, 1.82) is 0 Å². The summed E-state index contributed by atoms with van der Waals surface area (Å²) in [5.74, 6) is -1.02. The van der Waals surface area contributed by atoms with Crippen LogP contribution in [-0.2, 0) is 22.6 Å². The molecule has 190 valence electrons. The van der Waals surface area contributed by atoms with E-state index in [1.54, 1.807) is 36.4 Å². The summed E-state index contributed by atoms with van der Waals surface area (Å²) in [6, 6.07) is 22.8. The highest BCUT2D eigenvalue weighted by Crippen LogP contribution is 2.33. The molecule has 0 aliphatic carbocycles. The van der Waals surface area contributed by atoms with Crippen molar-refractivity contribution < 1.29 is 19.1 Å². The number of nitrogens with zero attached hydrogens (tertiary/aromatic N) is 1. The molecule has 4 amide bonds. The molecule has 5 rings (SSSR count). The van der Waals surface area contributed by atoms with E-state index in [1.807, 2.05) is 49.4 Å². The Balaban J connectivity index is 1.59. The Labute approximate surface area is 229 Å². The van der Waals surface area contributed by atoms with Gasteiger partial charge in [0.1, 0.15) is 17.9 Å². The molecule has 0 spiro atoms. The molecule has 1 heterocycles. The van der Waals surface area contributed by atoms with Crippen LogP contribution in [0.5, 0.6) is 5.75 Å². The SMILES string of the molecule is CCc1ccccc1N1C(=O)NC(=O)/C(=C/c2c(OCc3ccc(Cl)c(Cl)c3)ccc3ccccc23)C1=O. The Morgan fingerprint density at radius 2 is 1.66 bits per heavy atom. The maximum atomic E-state index is 13.6. The first kappa shape index (κ1) is 25.5. The average molecular weight is 545 g/mol. The van der Waals surface area contributed by atoms with Gasteiger partial charge in [-0.1, -0.05) is 84.7 Å². The second-order valence-electron chi connectivity index (χ2n) is 8.68. The van der Waals surface area contributed by atoms with Gasteiger partial charge in [-0.05, 0) is 58.7 Å². The molecule has 1 fully saturated rings. The molecule has 1 saturated heterocycles. The number of ether oxygens (including phenoxy) is 1. The van der Waals surface area contributed by atoms with Crippen molar-refractivity contribution in [2.75, 3.05) is 4.90 Å². The smallest absolute Gasteiger partial charge is 0.335 e. The number of aryl methyl sites for hydroxylation is 1. The summed E-state index contributed by atoms with van der Waals surface area (Å²) in [6.45, 7) is 2.11. The van der Waals surface area contributed by atoms with Crippen LogP contribution in [-0.4, -0.2) is 17.8 Å². The van der Waals surface area contributed by atoms with Crippen LogP contribution in [0.2, 0.25) is 10.0 Å². The van der Waals surface area contributed by atoms with Gasteiger partial charge in [0.25, 0.3) is 11.8 Å². The summed E-state index contributed by atoms with van der Waals surface area (Å²) in [5, 5.41) is 4.84. The maximum Gasteiger partial charge on any atom is 0.335 e. The van der Waals surface area contributed by atoms with Gasteiger partial charge >= 0.3 is 6.03 Å². The lowest BCUT2D eigenvalue weighted by molar-refractivity contribution is -0.122. The molecular weight excluding hydrogens is 523 g/mol. The first-order chi connectivity index (χ1) is 18.4. The fourth-order valence-corrected chi connectivity index (χ4v) is 4.71. The number of nitrogens with one attached hydrogen (secondary N) is 1. The van der Waals surface area contributed by atoms with Gasteiger partial charge in [-0.25, -0.2) is 9.69 Å². The zero-order chi connectivity index (χ0) is 26.8.